The summed E-state index contributed by atoms with van der Waals surface area (Å²) in [4.78, 5) is 73.3. The Bertz CT molecular complexity index is 2070. The highest BCUT2D eigenvalue weighted by molar-refractivity contribution is 7.47. The number of unbranched alkanes of at least 4 members (excludes halogenated alkanes) is 61. The Hall–Kier alpha value is -1.94. The zero-order chi connectivity index (χ0) is 79.7. The highest BCUT2D eigenvalue weighted by Crippen LogP contribution is 2.45. The lowest BCUT2D eigenvalue weighted by Gasteiger charge is -2.21. The Balaban J connectivity index is 5.21. The molecule has 6 atom stereocenters. The standard InChI is InChI=1S/C90H176O17P2/c1-6-10-13-16-19-22-25-28-31-34-36-38-39-41-44-47-50-53-56-59-66-70-75-89(94)106-85(79-100-87(92)73-68-63-57-54-51-48-45-43-40-37-35-32-29-26-23-20-17-14-11-7-2)81-104-108(96,97)102-77-84(91)78-103-109(98,99)105-82-86(80-101-88(93)74-69-64-61-60-62-67-72-83(5)9-4)107-90(95)76-71-65-58-55-52-49-46-42-33-30-27-24-21-18-15-12-8-3/h83-86,91H,6-82H2,1-5H3,(H,96,97)(H,98,99)/t83?,84-,85-,86-/m1/s1. The molecule has 0 bridgehead atoms. The van der Waals surface area contributed by atoms with Gasteiger partial charge >= 0.3 is 39.5 Å². The predicted molar refractivity (Wildman–Crippen MR) is 451 cm³/mol. The molecule has 3 unspecified atom stereocenters. The number of hydrogen-bond donors (Lipinski definition) is 3. The van der Waals surface area contributed by atoms with Crippen LogP contribution in [0.3, 0.4) is 0 Å². The van der Waals surface area contributed by atoms with Gasteiger partial charge in [-0.25, -0.2) is 9.13 Å². The van der Waals surface area contributed by atoms with Crippen molar-refractivity contribution < 1.29 is 80.2 Å². The first kappa shape index (κ1) is 107. The fourth-order valence-corrected chi connectivity index (χ4v) is 15.7. The zero-order valence-electron chi connectivity index (χ0n) is 71.7. The van der Waals surface area contributed by atoms with Gasteiger partial charge in [-0.3, -0.25) is 37.3 Å². The van der Waals surface area contributed by atoms with E-state index in [0.717, 1.165) is 102 Å². The van der Waals surface area contributed by atoms with Crippen molar-refractivity contribution in [3.05, 3.63) is 0 Å². The Morgan fingerprint density at radius 2 is 0.440 bits per heavy atom. The van der Waals surface area contributed by atoms with Gasteiger partial charge < -0.3 is 33.8 Å². The van der Waals surface area contributed by atoms with Gasteiger partial charge in [-0.2, -0.15) is 0 Å². The molecule has 0 spiro atoms. The molecule has 17 nitrogen and oxygen atoms in total. The molecule has 0 saturated carbocycles. The third-order valence-corrected chi connectivity index (χ3v) is 23.5. The minimum Gasteiger partial charge on any atom is -0.462 e. The van der Waals surface area contributed by atoms with Crippen LogP contribution in [0, 0.1) is 5.92 Å². The molecule has 109 heavy (non-hydrogen) atoms. The van der Waals surface area contributed by atoms with Gasteiger partial charge in [0.25, 0.3) is 0 Å². The molecule has 648 valence electrons. The smallest absolute Gasteiger partial charge is 0.462 e. The van der Waals surface area contributed by atoms with Crippen LogP contribution in [0.1, 0.15) is 490 Å². The first-order valence-corrected chi connectivity index (χ1v) is 49.7. The molecule has 0 radical (unpaired) electrons. The molecular formula is C90H176O17P2. The van der Waals surface area contributed by atoms with Crippen LogP contribution < -0.4 is 0 Å². The molecule has 0 aliphatic carbocycles. The first-order valence-electron chi connectivity index (χ1n) is 46.7. The quantitative estimate of drug-likeness (QED) is 0.0222. The summed E-state index contributed by atoms with van der Waals surface area (Å²) in [6.45, 7) is 7.35. The van der Waals surface area contributed by atoms with Gasteiger partial charge in [0.15, 0.2) is 12.2 Å². The molecule has 0 aromatic carbocycles. The number of carbonyl (C=O) groups excluding carboxylic acids is 4. The molecule has 0 aliphatic heterocycles. The molecule has 3 N–H and O–H groups in total. The van der Waals surface area contributed by atoms with E-state index in [2.05, 4.69) is 34.6 Å². The summed E-state index contributed by atoms with van der Waals surface area (Å²) >= 11 is 0. The third-order valence-electron chi connectivity index (χ3n) is 21.6. The normalized spacial score (nSPS) is 13.9. The van der Waals surface area contributed by atoms with Crippen molar-refractivity contribution in [1.29, 1.82) is 0 Å². The summed E-state index contributed by atoms with van der Waals surface area (Å²) in [6.07, 6.45) is 78.0. The number of phosphoric acid groups is 2. The van der Waals surface area contributed by atoms with Gasteiger partial charge in [0.05, 0.1) is 26.4 Å². The van der Waals surface area contributed by atoms with Gasteiger partial charge in [0, 0.05) is 25.7 Å². The van der Waals surface area contributed by atoms with Gasteiger partial charge in [0.2, 0.25) is 0 Å². The molecular weight excluding hydrogens is 1410 g/mol. The van der Waals surface area contributed by atoms with Crippen LogP contribution in [0.4, 0.5) is 0 Å². The van der Waals surface area contributed by atoms with Crippen LogP contribution in [0.2, 0.25) is 0 Å². The van der Waals surface area contributed by atoms with Crippen LogP contribution in [0.5, 0.6) is 0 Å². The van der Waals surface area contributed by atoms with Crippen molar-refractivity contribution in [1.82, 2.24) is 0 Å². The monoisotopic (exact) mass is 1590 g/mol. The van der Waals surface area contributed by atoms with E-state index >= 15 is 0 Å². The Kier molecular flexibility index (Phi) is 81.1. The maximum Gasteiger partial charge on any atom is 0.472 e. The molecule has 0 amide bonds. The number of ether oxygens (including phenoxy) is 4. The number of aliphatic hydroxyl groups excluding tert-OH is 1. The summed E-state index contributed by atoms with van der Waals surface area (Å²) in [5, 5.41) is 10.7. The second-order valence-corrected chi connectivity index (χ2v) is 35.5. The summed E-state index contributed by atoms with van der Waals surface area (Å²) in [5.41, 5.74) is 0. The van der Waals surface area contributed by atoms with Crippen molar-refractivity contribution in [2.45, 2.75) is 509 Å². The molecule has 19 heteroatoms. The second kappa shape index (κ2) is 82.6. The van der Waals surface area contributed by atoms with E-state index in [4.69, 9.17) is 37.0 Å². The summed E-state index contributed by atoms with van der Waals surface area (Å²) in [7, 11) is -9.93. The van der Waals surface area contributed by atoms with Gasteiger partial charge in [-0.1, -0.05) is 439 Å². The lowest BCUT2D eigenvalue weighted by atomic mass is 10.00. The van der Waals surface area contributed by atoms with E-state index in [9.17, 15) is 43.2 Å². The first-order chi connectivity index (χ1) is 53.1. The number of aliphatic hydroxyl groups is 1. The average Bonchev–Trinajstić information content (AvgIpc) is 0.901. The lowest BCUT2D eigenvalue weighted by Crippen LogP contribution is -2.30. The predicted octanol–water partition coefficient (Wildman–Crippen LogP) is 27.9. The number of carbonyl (C=O) groups is 4. The largest absolute Gasteiger partial charge is 0.472 e. The van der Waals surface area contributed by atoms with E-state index in [1.54, 1.807) is 0 Å². The number of hydrogen-bond acceptors (Lipinski definition) is 15. The van der Waals surface area contributed by atoms with Gasteiger partial charge in [-0.05, 0) is 31.6 Å². The topological polar surface area (TPSA) is 237 Å². The number of esters is 4. The van der Waals surface area contributed by atoms with Crippen LogP contribution in [0.25, 0.3) is 0 Å². The van der Waals surface area contributed by atoms with Gasteiger partial charge in [0.1, 0.15) is 19.3 Å². The maximum absolute atomic E-state index is 13.2. The van der Waals surface area contributed by atoms with Crippen molar-refractivity contribution >= 4 is 39.5 Å². The molecule has 0 heterocycles. The van der Waals surface area contributed by atoms with Crippen LogP contribution >= 0.6 is 15.6 Å². The fraction of sp³-hybridized carbons (Fsp3) is 0.956. The molecule has 0 rings (SSSR count). The minimum absolute atomic E-state index is 0.108. The minimum atomic E-state index is -4.97. The summed E-state index contributed by atoms with van der Waals surface area (Å²) in [6, 6.07) is 0. The SMILES string of the molecule is CCCCCCCCCCCCCCCCCCCCCCCCC(=O)O[C@H](COC(=O)CCCCCCCCCCCCCCCCCCCCCC)COP(=O)(O)OC[C@@H](O)COP(=O)(O)OC[C@@H](COC(=O)CCCCCCCCC(C)CC)OC(=O)CCCCCCCCCCCCCCCCCCC. The maximum atomic E-state index is 13.2. The van der Waals surface area contributed by atoms with Crippen LogP contribution in [-0.4, -0.2) is 96.7 Å². The Morgan fingerprint density at radius 1 is 0.257 bits per heavy atom. The molecule has 0 saturated heterocycles. The number of rotatable bonds is 90. The molecule has 0 aromatic rings. The fourth-order valence-electron chi connectivity index (χ4n) is 14.1. The van der Waals surface area contributed by atoms with Crippen molar-refractivity contribution in [2.75, 3.05) is 39.6 Å². The van der Waals surface area contributed by atoms with E-state index in [1.807, 2.05) is 0 Å². The Morgan fingerprint density at radius 3 is 0.651 bits per heavy atom. The Labute approximate surface area is 670 Å². The third kappa shape index (κ3) is 82.4. The zero-order valence-corrected chi connectivity index (χ0v) is 73.5. The summed E-state index contributed by atoms with van der Waals surface area (Å²) in [5.74, 6) is -1.37. The van der Waals surface area contributed by atoms with Crippen molar-refractivity contribution in [2.24, 2.45) is 5.92 Å². The molecule has 0 aliphatic rings. The van der Waals surface area contributed by atoms with E-state index in [-0.39, 0.29) is 25.7 Å². The van der Waals surface area contributed by atoms with Crippen LogP contribution in [0.15, 0.2) is 0 Å². The van der Waals surface area contributed by atoms with Crippen molar-refractivity contribution in [3.8, 4) is 0 Å². The van der Waals surface area contributed by atoms with Crippen LogP contribution in [-0.2, 0) is 65.4 Å². The van der Waals surface area contributed by atoms with E-state index in [1.165, 1.54) is 308 Å². The summed E-state index contributed by atoms with van der Waals surface area (Å²) < 4.78 is 69.0. The van der Waals surface area contributed by atoms with E-state index in [0.29, 0.717) is 25.7 Å². The number of phosphoric ester groups is 2. The van der Waals surface area contributed by atoms with E-state index < -0.39 is 97.5 Å². The van der Waals surface area contributed by atoms with Crippen molar-refractivity contribution in [3.63, 3.8) is 0 Å². The van der Waals surface area contributed by atoms with Gasteiger partial charge in [-0.15, -0.1) is 0 Å². The lowest BCUT2D eigenvalue weighted by molar-refractivity contribution is -0.161. The highest BCUT2D eigenvalue weighted by Gasteiger charge is 2.31. The molecule has 0 fully saturated rings. The average molecular weight is 1590 g/mol. The molecule has 0 aromatic heterocycles. The second-order valence-electron chi connectivity index (χ2n) is 32.6. The highest BCUT2D eigenvalue weighted by atomic mass is 31.2.